The van der Waals surface area contributed by atoms with Gasteiger partial charge in [-0.15, -0.1) is 0 Å². The van der Waals surface area contributed by atoms with Gasteiger partial charge in [0.15, 0.2) is 0 Å². The summed E-state index contributed by atoms with van der Waals surface area (Å²) in [5.74, 6) is -0.995. The van der Waals surface area contributed by atoms with Crippen LogP contribution in [-0.4, -0.2) is 32.0 Å². The van der Waals surface area contributed by atoms with Crippen molar-refractivity contribution in [3.05, 3.63) is 0 Å². The molecular weight excluding hydrogens is 205 g/mol. The quantitative estimate of drug-likeness (QED) is 0.175. The zero-order valence-corrected chi connectivity index (χ0v) is 10.1. The van der Waals surface area contributed by atoms with Crippen LogP contribution >= 0.6 is 0 Å². The smallest absolute Gasteiger partial charge is 0.550 e. The standard InChI is InChI=1S/C10H19NO4.Li/c1-2-14-9-7-11-15-8-5-3-4-6-10(12)13;/h7H,2-6,8-9H2,1H3,(H,12,13);/q;+1/p-1. The molecule has 0 saturated carbocycles. The molecule has 0 aliphatic rings. The van der Waals surface area contributed by atoms with E-state index < -0.39 is 5.97 Å². The second-order valence-electron chi connectivity index (χ2n) is 2.96. The molecule has 0 bridgehead atoms. The number of hydrogen-bond acceptors (Lipinski definition) is 5. The van der Waals surface area contributed by atoms with Crippen LogP contribution in [0.4, 0.5) is 0 Å². The first-order valence-electron chi connectivity index (χ1n) is 5.18. The Balaban J connectivity index is 0. The minimum absolute atomic E-state index is 0. The normalized spacial score (nSPS) is 10.1. The van der Waals surface area contributed by atoms with E-state index >= 15 is 0 Å². The molecule has 0 aromatic carbocycles. The van der Waals surface area contributed by atoms with Crippen molar-refractivity contribution < 1.29 is 38.3 Å². The molecule has 0 heterocycles. The summed E-state index contributed by atoms with van der Waals surface area (Å²) in [6.07, 6.45) is 3.93. The molecule has 0 aromatic rings. The fourth-order valence-electron chi connectivity index (χ4n) is 0.919. The molecule has 88 valence electrons. The molecular formula is C10H18LiNO4. The summed E-state index contributed by atoms with van der Waals surface area (Å²) in [6, 6.07) is 0. The SMILES string of the molecule is CCOCC=NOCCCCCC(=O)[O-].[Li+]. The van der Waals surface area contributed by atoms with Gasteiger partial charge in [0.1, 0.15) is 6.61 Å². The molecule has 16 heavy (non-hydrogen) atoms. The van der Waals surface area contributed by atoms with Gasteiger partial charge in [-0.1, -0.05) is 5.16 Å². The van der Waals surface area contributed by atoms with Crippen LogP contribution in [-0.2, 0) is 14.4 Å². The summed E-state index contributed by atoms with van der Waals surface area (Å²) in [4.78, 5) is 15.0. The number of nitrogens with zero attached hydrogens (tertiary/aromatic N) is 1. The predicted molar refractivity (Wildman–Crippen MR) is 54.4 cm³/mol. The maximum Gasteiger partial charge on any atom is 1.00 e. The maximum absolute atomic E-state index is 10.1. The van der Waals surface area contributed by atoms with Crippen molar-refractivity contribution in [1.29, 1.82) is 0 Å². The first-order chi connectivity index (χ1) is 7.27. The Morgan fingerprint density at radius 1 is 1.38 bits per heavy atom. The van der Waals surface area contributed by atoms with Gasteiger partial charge in [0.25, 0.3) is 0 Å². The molecule has 0 aromatic heterocycles. The van der Waals surface area contributed by atoms with E-state index in [1.54, 1.807) is 6.21 Å². The Hall–Kier alpha value is -0.503. The zero-order valence-electron chi connectivity index (χ0n) is 10.1. The van der Waals surface area contributed by atoms with Gasteiger partial charge in [-0.25, -0.2) is 0 Å². The van der Waals surface area contributed by atoms with E-state index in [9.17, 15) is 9.90 Å². The van der Waals surface area contributed by atoms with Crippen LogP contribution in [0.5, 0.6) is 0 Å². The number of carboxylic acids is 1. The van der Waals surface area contributed by atoms with Crippen molar-refractivity contribution in [2.75, 3.05) is 19.8 Å². The summed E-state index contributed by atoms with van der Waals surface area (Å²) < 4.78 is 5.00. The molecule has 0 spiro atoms. The molecule has 0 fully saturated rings. The first-order valence-corrected chi connectivity index (χ1v) is 5.18. The third kappa shape index (κ3) is 15.9. The molecule has 0 aliphatic carbocycles. The summed E-state index contributed by atoms with van der Waals surface area (Å²) in [6.45, 7) is 3.54. The summed E-state index contributed by atoms with van der Waals surface area (Å²) in [5.41, 5.74) is 0. The van der Waals surface area contributed by atoms with Crippen LogP contribution in [0.2, 0.25) is 0 Å². The van der Waals surface area contributed by atoms with Crippen molar-refractivity contribution in [3.8, 4) is 0 Å². The maximum atomic E-state index is 10.1. The fourth-order valence-corrected chi connectivity index (χ4v) is 0.919. The number of rotatable bonds is 10. The van der Waals surface area contributed by atoms with Crippen molar-refractivity contribution in [1.82, 2.24) is 0 Å². The van der Waals surface area contributed by atoms with Crippen LogP contribution in [0.3, 0.4) is 0 Å². The van der Waals surface area contributed by atoms with Crippen molar-refractivity contribution in [2.24, 2.45) is 5.16 Å². The Morgan fingerprint density at radius 2 is 2.12 bits per heavy atom. The molecule has 0 rings (SSSR count). The number of carbonyl (C=O) groups excluding carboxylic acids is 1. The van der Waals surface area contributed by atoms with Gasteiger partial charge >= 0.3 is 18.9 Å². The topological polar surface area (TPSA) is 71.0 Å². The number of carboxylic acid groups (broad SMARTS) is 1. The van der Waals surface area contributed by atoms with Gasteiger partial charge < -0.3 is 19.5 Å². The van der Waals surface area contributed by atoms with E-state index in [1.807, 2.05) is 6.92 Å². The van der Waals surface area contributed by atoms with Crippen molar-refractivity contribution in [3.63, 3.8) is 0 Å². The summed E-state index contributed by atoms with van der Waals surface area (Å²) in [5, 5.41) is 13.7. The second kappa shape index (κ2) is 14.5. The van der Waals surface area contributed by atoms with Crippen LogP contribution < -0.4 is 24.0 Å². The van der Waals surface area contributed by atoms with E-state index in [0.717, 1.165) is 12.8 Å². The summed E-state index contributed by atoms with van der Waals surface area (Å²) in [7, 11) is 0. The van der Waals surface area contributed by atoms with Gasteiger partial charge in [-0.3, -0.25) is 0 Å². The molecule has 0 N–H and O–H groups in total. The van der Waals surface area contributed by atoms with Gasteiger partial charge in [0.05, 0.1) is 12.8 Å². The Bertz CT molecular complexity index is 188. The number of carbonyl (C=O) groups is 1. The number of aliphatic carboxylic acids is 1. The second-order valence-corrected chi connectivity index (χ2v) is 2.96. The molecule has 5 nitrogen and oxygen atoms in total. The fraction of sp³-hybridized carbons (Fsp3) is 0.800. The predicted octanol–water partition coefficient (Wildman–Crippen LogP) is -2.66. The molecule has 0 radical (unpaired) electrons. The van der Waals surface area contributed by atoms with Crippen molar-refractivity contribution in [2.45, 2.75) is 32.6 Å². The summed E-state index contributed by atoms with van der Waals surface area (Å²) >= 11 is 0. The Kier molecular flexibility index (Phi) is 16.2. The van der Waals surface area contributed by atoms with E-state index in [2.05, 4.69) is 5.16 Å². The van der Waals surface area contributed by atoms with Crippen LogP contribution in [0, 0.1) is 0 Å². The minimum atomic E-state index is -0.995. The van der Waals surface area contributed by atoms with Gasteiger partial charge in [0.2, 0.25) is 0 Å². The Labute approximate surface area is 108 Å². The Morgan fingerprint density at radius 3 is 2.75 bits per heavy atom. The number of hydrogen-bond donors (Lipinski definition) is 0. The molecule has 0 unspecified atom stereocenters. The third-order valence-corrected chi connectivity index (χ3v) is 1.66. The first kappa shape index (κ1) is 17.9. The van der Waals surface area contributed by atoms with E-state index in [-0.39, 0.29) is 25.3 Å². The van der Waals surface area contributed by atoms with Gasteiger partial charge in [0, 0.05) is 12.6 Å². The molecule has 0 atom stereocenters. The van der Waals surface area contributed by atoms with E-state index in [0.29, 0.717) is 26.2 Å². The van der Waals surface area contributed by atoms with Crippen LogP contribution in [0.15, 0.2) is 5.16 Å². The van der Waals surface area contributed by atoms with Crippen LogP contribution in [0.1, 0.15) is 32.6 Å². The monoisotopic (exact) mass is 223 g/mol. The van der Waals surface area contributed by atoms with E-state index in [1.165, 1.54) is 0 Å². The van der Waals surface area contributed by atoms with Crippen molar-refractivity contribution >= 4 is 12.2 Å². The molecule has 0 saturated heterocycles. The number of ether oxygens (including phenoxy) is 1. The van der Waals surface area contributed by atoms with Gasteiger partial charge in [-0.05, 0) is 32.6 Å². The van der Waals surface area contributed by atoms with Gasteiger partial charge in [-0.2, -0.15) is 0 Å². The van der Waals surface area contributed by atoms with E-state index in [4.69, 9.17) is 9.57 Å². The average Bonchev–Trinajstić information content (AvgIpc) is 2.20. The average molecular weight is 223 g/mol. The van der Waals surface area contributed by atoms with Crippen LogP contribution in [0.25, 0.3) is 0 Å². The largest absolute Gasteiger partial charge is 1.00 e. The number of oxime groups is 1. The molecule has 0 aliphatic heterocycles. The molecule has 0 amide bonds. The number of unbranched alkanes of at least 4 members (excludes halogenated alkanes) is 2. The molecule has 6 heteroatoms. The minimum Gasteiger partial charge on any atom is -0.550 e. The zero-order chi connectivity index (χ0) is 11.4. The third-order valence-electron chi connectivity index (χ3n) is 1.66.